The van der Waals surface area contributed by atoms with Gasteiger partial charge in [0.1, 0.15) is 17.3 Å². The lowest BCUT2D eigenvalue weighted by Gasteiger charge is -2.20. The van der Waals surface area contributed by atoms with Crippen molar-refractivity contribution in [3.05, 3.63) is 83.5 Å². The zero-order valence-electron chi connectivity index (χ0n) is 18.0. The molecule has 4 rings (SSSR count). The summed E-state index contributed by atoms with van der Waals surface area (Å²) >= 11 is 1.16. The average Bonchev–Trinajstić information content (AvgIpc) is 3.35. The summed E-state index contributed by atoms with van der Waals surface area (Å²) in [6.07, 6.45) is 2.17. The molecule has 0 aliphatic carbocycles. The molecule has 1 aromatic heterocycles. The third-order valence-electron chi connectivity index (χ3n) is 4.81. The van der Waals surface area contributed by atoms with E-state index in [1.165, 1.54) is 29.2 Å². The number of amides is 2. The van der Waals surface area contributed by atoms with Gasteiger partial charge in [-0.1, -0.05) is 54.2 Å². The van der Waals surface area contributed by atoms with Crippen molar-refractivity contribution in [3.8, 4) is 0 Å². The monoisotopic (exact) mass is 464 g/mol. The van der Waals surface area contributed by atoms with Crippen molar-refractivity contribution in [3.63, 3.8) is 0 Å². The molecule has 2 amide bonds. The number of amidine groups is 1. The molecule has 1 aliphatic rings. The zero-order valence-corrected chi connectivity index (χ0v) is 18.8. The lowest BCUT2D eigenvalue weighted by molar-refractivity contribution is -0.116. The molecule has 0 saturated carbocycles. The summed E-state index contributed by atoms with van der Waals surface area (Å²) in [7, 11) is 0. The standard InChI is InChI=1S/C24H21FN4O3S/c1-3-20(22(30)27-21-13-15(2)32-28-21)33-24-26-19(14-16-7-5-4-6-8-16)23(31)29(24)18-11-9-17(25)10-12-18/h4-14,20H,3H2,1-2H3,(H,27,28,30)/b19-14-. The van der Waals surface area contributed by atoms with Crippen LogP contribution in [0.3, 0.4) is 0 Å². The van der Waals surface area contributed by atoms with Crippen LogP contribution in [0.5, 0.6) is 0 Å². The highest BCUT2D eigenvalue weighted by Gasteiger charge is 2.35. The molecule has 1 unspecified atom stereocenters. The normalized spacial score (nSPS) is 15.6. The lowest BCUT2D eigenvalue weighted by atomic mass is 10.2. The number of thioether (sulfide) groups is 1. The molecule has 3 aromatic rings. The van der Waals surface area contributed by atoms with Crippen LogP contribution in [-0.2, 0) is 9.59 Å². The highest BCUT2D eigenvalue weighted by Crippen LogP contribution is 2.32. The summed E-state index contributed by atoms with van der Waals surface area (Å²) in [4.78, 5) is 32.0. The number of carbonyl (C=O) groups is 2. The molecule has 33 heavy (non-hydrogen) atoms. The predicted octanol–water partition coefficient (Wildman–Crippen LogP) is 5.02. The second kappa shape index (κ2) is 9.83. The number of hydrogen-bond acceptors (Lipinski definition) is 6. The van der Waals surface area contributed by atoms with E-state index in [0.29, 0.717) is 28.9 Å². The van der Waals surface area contributed by atoms with E-state index in [1.807, 2.05) is 37.3 Å². The second-order valence-corrected chi connectivity index (χ2v) is 8.45. The number of aromatic nitrogens is 1. The van der Waals surface area contributed by atoms with E-state index in [1.54, 1.807) is 19.1 Å². The van der Waals surface area contributed by atoms with Gasteiger partial charge >= 0.3 is 0 Å². The van der Waals surface area contributed by atoms with E-state index >= 15 is 0 Å². The number of halogens is 1. The van der Waals surface area contributed by atoms with Gasteiger partial charge in [-0.05, 0) is 49.2 Å². The lowest BCUT2D eigenvalue weighted by Crippen LogP contribution is -2.34. The molecular weight excluding hydrogens is 443 g/mol. The highest BCUT2D eigenvalue weighted by molar-refractivity contribution is 8.15. The Bertz CT molecular complexity index is 1220. The molecule has 1 aliphatic heterocycles. The highest BCUT2D eigenvalue weighted by atomic mass is 32.2. The van der Waals surface area contributed by atoms with E-state index < -0.39 is 11.1 Å². The number of hydrogen-bond donors (Lipinski definition) is 1. The first-order chi connectivity index (χ1) is 15.9. The predicted molar refractivity (Wildman–Crippen MR) is 127 cm³/mol. The van der Waals surface area contributed by atoms with E-state index in [4.69, 9.17) is 4.52 Å². The summed E-state index contributed by atoms with van der Waals surface area (Å²) in [5.41, 5.74) is 1.52. The number of aryl methyl sites for hydroxylation is 1. The van der Waals surface area contributed by atoms with E-state index in [0.717, 1.165) is 17.3 Å². The van der Waals surface area contributed by atoms with E-state index in [9.17, 15) is 14.0 Å². The third kappa shape index (κ3) is 5.20. The van der Waals surface area contributed by atoms with Crippen LogP contribution in [0.4, 0.5) is 15.9 Å². The van der Waals surface area contributed by atoms with Crippen LogP contribution < -0.4 is 10.2 Å². The maximum Gasteiger partial charge on any atom is 0.283 e. The molecule has 2 heterocycles. The molecule has 1 N–H and O–H groups in total. The zero-order chi connectivity index (χ0) is 23.4. The largest absolute Gasteiger partial charge is 0.360 e. The van der Waals surface area contributed by atoms with Crippen LogP contribution in [0.15, 0.2) is 75.9 Å². The van der Waals surface area contributed by atoms with Crippen molar-refractivity contribution in [2.75, 3.05) is 10.2 Å². The topological polar surface area (TPSA) is 87.8 Å². The summed E-state index contributed by atoms with van der Waals surface area (Å²) in [5, 5.41) is 6.31. The number of rotatable bonds is 6. The second-order valence-electron chi connectivity index (χ2n) is 7.28. The van der Waals surface area contributed by atoms with Crippen LogP contribution in [0, 0.1) is 12.7 Å². The number of nitrogens with zero attached hydrogens (tertiary/aromatic N) is 3. The number of carbonyl (C=O) groups excluding carboxylic acids is 2. The quantitative estimate of drug-likeness (QED) is 0.518. The molecule has 0 spiro atoms. The first-order valence-electron chi connectivity index (χ1n) is 10.3. The number of benzene rings is 2. The molecule has 0 saturated heterocycles. The van der Waals surface area contributed by atoms with Crippen LogP contribution in [0.25, 0.3) is 6.08 Å². The SMILES string of the molecule is CCC(SC1=N/C(=C\c2ccccc2)C(=O)N1c1ccc(F)cc1)C(=O)Nc1cc(C)on1. The molecular formula is C24H21FN4O3S. The number of anilines is 2. The van der Waals surface area contributed by atoms with Gasteiger partial charge in [0.25, 0.3) is 5.91 Å². The Morgan fingerprint density at radius 3 is 2.58 bits per heavy atom. The Kier molecular flexibility index (Phi) is 6.69. The Labute approximate surface area is 194 Å². The van der Waals surface area contributed by atoms with Gasteiger partial charge in [0.15, 0.2) is 11.0 Å². The summed E-state index contributed by atoms with van der Waals surface area (Å²) < 4.78 is 18.5. The fraction of sp³-hybridized carbons (Fsp3) is 0.167. The third-order valence-corrected chi connectivity index (χ3v) is 6.12. The van der Waals surface area contributed by atoms with Gasteiger partial charge in [-0.25, -0.2) is 9.38 Å². The van der Waals surface area contributed by atoms with Gasteiger partial charge in [-0.15, -0.1) is 0 Å². The Hall–Kier alpha value is -3.72. The maximum absolute atomic E-state index is 13.5. The van der Waals surface area contributed by atoms with Crippen molar-refractivity contribution in [1.82, 2.24) is 5.16 Å². The van der Waals surface area contributed by atoms with Crippen LogP contribution in [0.2, 0.25) is 0 Å². The number of aliphatic imine (C=N–C) groups is 1. The number of nitrogens with one attached hydrogen (secondary N) is 1. The van der Waals surface area contributed by atoms with Crippen LogP contribution in [-0.4, -0.2) is 27.4 Å². The maximum atomic E-state index is 13.5. The summed E-state index contributed by atoms with van der Waals surface area (Å²) in [6, 6.07) is 16.5. The summed E-state index contributed by atoms with van der Waals surface area (Å²) in [6.45, 7) is 3.60. The van der Waals surface area contributed by atoms with Gasteiger partial charge < -0.3 is 9.84 Å². The van der Waals surface area contributed by atoms with Crippen LogP contribution >= 0.6 is 11.8 Å². The molecule has 1 atom stereocenters. The molecule has 9 heteroatoms. The fourth-order valence-corrected chi connectivity index (χ4v) is 4.21. The molecule has 168 valence electrons. The first-order valence-corrected chi connectivity index (χ1v) is 11.2. The van der Waals surface area contributed by atoms with Gasteiger partial charge in [0.2, 0.25) is 5.91 Å². The van der Waals surface area contributed by atoms with Crippen molar-refractivity contribution in [2.24, 2.45) is 4.99 Å². The minimum atomic E-state index is -0.549. The minimum Gasteiger partial charge on any atom is -0.360 e. The molecule has 7 nitrogen and oxygen atoms in total. The average molecular weight is 465 g/mol. The molecule has 2 aromatic carbocycles. The van der Waals surface area contributed by atoms with Crippen LogP contribution in [0.1, 0.15) is 24.7 Å². The van der Waals surface area contributed by atoms with Gasteiger partial charge in [-0.3, -0.25) is 14.5 Å². The molecule has 0 fully saturated rings. The molecule has 0 bridgehead atoms. The van der Waals surface area contributed by atoms with Gasteiger partial charge in [-0.2, -0.15) is 0 Å². The smallest absolute Gasteiger partial charge is 0.283 e. The van der Waals surface area contributed by atoms with Crippen molar-refractivity contribution < 1.29 is 18.5 Å². The Morgan fingerprint density at radius 2 is 1.94 bits per heavy atom. The fourth-order valence-electron chi connectivity index (χ4n) is 3.18. The first kappa shape index (κ1) is 22.5. The van der Waals surface area contributed by atoms with E-state index in [-0.39, 0.29) is 17.5 Å². The molecule has 0 radical (unpaired) electrons. The van der Waals surface area contributed by atoms with Gasteiger partial charge in [0, 0.05) is 6.07 Å². The van der Waals surface area contributed by atoms with Crippen molar-refractivity contribution in [2.45, 2.75) is 25.5 Å². The van der Waals surface area contributed by atoms with Gasteiger partial charge in [0.05, 0.1) is 10.9 Å². The van der Waals surface area contributed by atoms with Crippen molar-refractivity contribution >= 4 is 46.3 Å². The minimum absolute atomic E-state index is 0.232. The Balaban J connectivity index is 1.64. The Morgan fingerprint density at radius 1 is 1.21 bits per heavy atom. The summed E-state index contributed by atoms with van der Waals surface area (Å²) in [5.74, 6) is -0.151. The van der Waals surface area contributed by atoms with Crippen molar-refractivity contribution in [1.29, 1.82) is 0 Å². The van der Waals surface area contributed by atoms with E-state index in [2.05, 4.69) is 15.5 Å².